The maximum atomic E-state index is 11.5. The second kappa shape index (κ2) is 10.7. The van der Waals surface area contributed by atoms with Crippen LogP contribution in [0.2, 0.25) is 0 Å². The van der Waals surface area contributed by atoms with Crippen molar-refractivity contribution < 1.29 is 23.9 Å². The van der Waals surface area contributed by atoms with Crippen molar-refractivity contribution in [3.8, 4) is 0 Å². The zero-order valence-corrected chi connectivity index (χ0v) is 16.0. The van der Waals surface area contributed by atoms with Gasteiger partial charge in [-0.05, 0) is 38.5 Å². The summed E-state index contributed by atoms with van der Waals surface area (Å²) in [5.41, 5.74) is 5.41. The van der Waals surface area contributed by atoms with Crippen LogP contribution in [-0.2, 0) is 16.1 Å². The van der Waals surface area contributed by atoms with Crippen molar-refractivity contribution in [1.82, 2.24) is 21.5 Å². The monoisotopic (exact) mass is 381 g/mol. The number of carbonyl (C=O) groups is 3. The molecule has 0 aliphatic rings. The SMILES string of the molecule is CNc1ccc(COC(=O)NNC(=O)NCCNC(=O)OC(C)(C)C)cc1. The van der Waals surface area contributed by atoms with Crippen LogP contribution in [0, 0.1) is 0 Å². The zero-order chi connectivity index (χ0) is 20.3. The normalized spacial score (nSPS) is 10.4. The molecule has 0 unspecified atom stereocenters. The summed E-state index contributed by atoms with van der Waals surface area (Å²) in [5.74, 6) is 0. The van der Waals surface area contributed by atoms with Gasteiger partial charge in [0.15, 0.2) is 0 Å². The molecule has 0 aliphatic heterocycles. The Morgan fingerprint density at radius 3 is 2.15 bits per heavy atom. The quantitative estimate of drug-likeness (QED) is 0.377. The number of alkyl carbamates (subject to hydrolysis) is 1. The Kier molecular flexibility index (Phi) is 8.70. The molecule has 5 N–H and O–H groups in total. The minimum absolute atomic E-state index is 0.0684. The molecule has 1 rings (SSSR count). The third kappa shape index (κ3) is 10.4. The molecule has 0 radical (unpaired) electrons. The largest absolute Gasteiger partial charge is 0.444 e. The minimum Gasteiger partial charge on any atom is -0.444 e. The zero-order valence-electron chi connectivity index (χ0n) is 16.0. The lowest BCUT2D eigenvalue weighted by Crippen LogP contribution is -2.48. The first kappa shape index (κ1) is 21.9. The molecule has 0 spiro atoms. The summed E-state index contributed by atoms with van der Waals surface area (Å²) < 4.78 is 10.0. The maximum absolute atomic E-state index is 11.5. The van der Waals surface area contributed by atoms with E-state index < -0.39 is 23.8 Å². The molecule has 0 saturated heterocycles. The number of hydrazine groups is 1. The predicted octanol–water partition coefficient (Wildman–Crippen LogP) is 1.69. The third-order valence-corrected chi connectivity index (χ3v) is 2.97. The van der Waals surface area contributed by atoms with Crippen LogP contribution in [0.15, 0.2) is 24.3 Å². The van der Waals surface area contributed by atoms with Crippen LogP contribution in [0.25, 0.3) is 0 Å². The molecule has 0 fully saturated rings. The van der Waals surface area contributed by atoms with Gasteiger partial charge in [0, 0.05) is 25.8 Å². The average molecular weight is 381 g/mol. The van der Waals surface area contributed by atoms with E-state index in [1.165, 1.54) is 0 Å². The van der Waals surface area contributed by atoms with E-state index in [4.69, 9.17) is 9.47 Å². The number of amides is 4. The molecule has 0 atom stereocenters. The van der Waals surface area contributed by atoms with Gasteiger partial charge < -0.3 is 25.4 Å². The fourth-order valence-corrected chi connectivity index (χ4v) is 1.76. The highest BCUT2D eigenvalue weighted by molar-refractivity contribution is 5.77. The average Bonchev–Trinajstić information content (AvgIpc) is 2.60. The van der Waals surface area contributed by atoms with Gasteiger partial charge in [0.25, 0.3) is 0 Å². The summed E-state index contributed by atoms with van der Waals surface area (Å²) in [6, 6.07) is 6.70. The first-order valence-corrected chi connectivity index (χ1v) is 8.40. The predicted molar refractivity (Wildman–Crippen MR) is 100 cm³/mol. The van der Waals surface area contributed by atoms with Crippen LogP contribution in [0.3, 0.4) is 0 Å². The van der Waals surface area contributed by atoms with Crippen molar-refractivity contribution in [1.29, 1.82) is 0 Å². The van der Waals surface area contributed by atoms with Crippen molar-refractivity contribution in [2.45, 2.75) is 33.0 Å². The fourth-order valence-electron chi connectivity index (χ4n) is 1.76. The lowest BCUT2D eigenvalue weighted by atomic mass is 10.2. The van der Waals surface area contributed by atoms with Crippen molar-refractivity contribution in [2.75, 3.05) is 25.5 Å². The van der Waals surface area contributed by atoms with E-state index in [0.29, 0.717) is 0 Å². The molecular weight excluding hydrogens is 354 g/mol. The van der Waals surface area contributed by atoms with Crippen molar-refractivity contribution in [2.24, 2.45) is 0 Å². The number of benzene rings is 1. The molecule has 10 nitrogen and oxygen atoms in total. The maximum Gasteiger partial charge on any atom is 0.426 e. The van der Waals surface area contributed by atoms with E-state index in [9.17, 15) is 14.4 Å². The van der Waals surface area contributed by atoms with Gasteiger partial charge in [-0.3, -0.25) is 0 Å². The van der Waals surface area contributed by atoms with Gasteiger partial charge in [-0.2, -0.15) is 0 Å². The number of urea groups is 1. The first-order valence-electron chi connectivity index (χ1n) is 8.40. The van der Waals surface area contributed by atoms with E-state index in [2.05, 4.69) is 26.8 Å². The number of anilines is 1. The molecule has 0 aliphatic carbocycles. The Morgan fingerprint density at radius 2 is 1.56 bits per heavy atom. The Bertz CT molecular complexity index is 628. The standard InChI is InChI=1S/C17H27N5O5/c1-17(2,3)27-15(24)20-10-9-19-14(23)21-22-16(25)26-11-12-5-7-13(18-4)8-6-12/h5-8,18H,9-11H2,1-4H3,(H,20,24)(H,22,25)(H2,19,21,23). The number of hydrogen-bond donors (Lipinski definition) is 5. The minimum atomic E-state index is -0.797. The number of carbonyl (C=O) groups excluding carboxylic acids is 3. The van der Waals surface area contributed by atoms with Crippen LogP contribution in [-0.4, -0.2) is 44.0 Å². The summed E-state index contributed by atoms with van der Waals surface area (Å²) in [6.07, 6.45) is -1.37. The molecule has 0 heterocycles. The number of hydrogen-bond acceptors (Lipinski definition) is 6. The Hall–Kier alpha value is -3.17. The Labute approximate surface area is 158 Å². The Morgan fingerprint density at radius 1 is 0.926 bits per heavy atom. The van der Waals surface area contributed by atoms with Gasteiger partial charge in [0.05, 0.1) is 0 Å². The van der Waals surface area contributed by atoms with E-state index in [1.807, 2.05) is 31.3 Å². The third-order valence-electron chi connectivity index (χ3n) is 2.97. The molecule has 10 heteroatoms. The summed E-state index contributed by atoms with van der Waals surface area (Å²) in [5, 5.41) is 7.91. The lowest BCUT2D eigenvalue weighted by molar-refractivity contribution is 0.0528. The van der Waals surface area contributed by atoms with Gasteiger partial charge in [-0.25, -0.2) is 25.2 Å². The van der Waals surface area contributed by atoms with Gasteiger partial charge in [-0.1, -0.05) is 12.1 Å². The van der Waals surface area contributed by atoms with Gasteiger partial charge in [0.2, 0.25) is 0 Å². The summed E-state index contributed by atoms with van der Waals surface area (Å²) in [6.45, 7) is 5.65. The van der Waals surface area contributed by atoms with E-state index in [-0.39, 0.29) is 19.7 Å². The van der Waals surface area contributed by atoms with E-state index in [0.717, 1.165) is 11.3 Å². The second-order valence-electron chi connectivity index (χ2n) is 6.46. The molecule has 1 aromatic rings. The first-order chi connectivity index (χ1) is 12.7. The van der Waals surface area contributed by atoms with Crippen molar-refractivity contribution >= 4 is 23.9 Å². The molecule has 27 heavy (non-hydrogen) atoms. The highest BCUT2D eigenvalue weighted by Crippen LogP contribution is 2.09. The molecule has 150 valence electrons. The van der Waals surface area contributed by atoms with Crippen LogP contribution >= 0.6 is 0 Å². The van der Waals surface area contributed by atoms with Gasteiger partial charge >= 0.3 is 18.2 Å². The number of rotatable bonds is 6. The molecule has 0 saturated carbocycles. The van der Waals surface area contributed by atoms with Gasteiger partial charge in [0.1, 0.15) is 12.2 Å². The Balaban J connectivity index is 2.13. The molecular formula is C17H27N5O5. The summed E-state index contributed by atoms with van der Waals surface area (Å²) in [4.78, 5) is 34.5. The van der Waals surface area contributed by atoms with Crippen LogP contribution in [0.5, 0.6) is 0 Å². The lowest BCUT2D eigenvalue weighted by Gasteiger charge is -2.19. The number of nitrogens with one attached hydrogen (secondary N) is 5. The van der Waals surface area contributed by atoms with Gasteiger partial charge in [-0.15, -0.1) is 0 Å². The smallest absolute Gasteiger partial charge is 0.426 e. The highest BCUT2D eigenvalue weighted by Gasteiger charge is 2.15. The molecule has 1 aromatic carbocycles. The molecule has 4 amide bonds. The molecule has 0 bridgehead atoms. The van der Waals surface area contributed by atoms with Crippen LogP contribution in [0.1, 0.15) is 26.3 Å². The van der Waals surface area contributed by atoms with E-state index >= 15 is 0 Å². The van der Waals surface area contributed by atoms with Crippen molar-refractivity contribution in [3.63, 3.8) is 0 Å². The van der Waals surface area contributed by atoms with E-state index in [1.54, 1.807) is 20.8 Å². The summed E-state index contributed by atoms with van der Waals surface area (Å²) >= 11 is 0. The van der Waals surface area contributed by atoms with Crippen molar-refractivity contribution in [3.05, 3.63) is 29.8 Å². The van der Waals surface area contributed by atoms with Crippen LogP contribution < -0.4 is 26.8 Å². The molecule has 0 aromatic heterocycles. The number of ether oxygens (including phenoxy) is 2. The second-order valence-corrected chi connectivity index (χ2v) is 6.46. The summed E-state index contributed by atoms with van der Waals surface area (Å²) in [7, 11) is 1.81. The highest BCUT2D eigenvalue weighted by atomic mass is 16.6. The van der Waals surface area contributed by atoms with Crippen LogP contribution in [0.4, 0.5) is 20.1 Å². The topological polar surface area (TPSA) is 130 Å². The fraction of sp³-hybridized carbons (Fsp3) is 0.471.